The molecule has 10 heteroatoms. The van der Waals surface area contributed by atoms with E-state index in [4.69, 9.17) is 32.9 Å². The maximum atomic E-state index is 13.4. The van der Waals surface area contributed by atoms with Crippen LogP contribution in [0.25, 0.3) is 10.9 Å². The van der Waals surface area contributed by atoms with E-state index in [9.17, 15) is 9.59 Å². The van der Waals surface area contributed by atoms with Crippen LogP contribution in [0.2, 0.25) is 10.0 Å². The highest BCUT2D eigenvalue weighted by Crippen LogP contribution is 2.34. The summed E-state index contributed by atoms with van der Waals surface area (Å²) in [4.78, 5) is 29.6. The summed E-state index contributed by atoms with van der Waals surface area (Å²) >= 11 is 16.1. The Balaban J connectivity index is 1.73. The first-order valence-corrected chi connectivity index (χ1v) is 12.4. The third-order valence-electron chi connectivity index (χ3n) is 5.71. The van der Waals surface area contributed by atoms with Crippen molar-refractivity contribution in [2.75, 3.05) is 13.7 Å². The quantitative estimate of drug-likeness (QED) is 0.272. The van der Waals surface area contributed by atoms with Crippen LogP contribution in [0, 0.1) is 0 Å². The van der Waals surface area contributed by atoms with Crippen molar-refractivity contribution in [1.82, 2.24) is 9.66 Å². The summed E-state index contributed by atoms with van der Waals surface area (Å²) in [6.45, 7) is -0.318. The highest BCUT2D eigenvalue weighted by Gasteiger charge is 2.22. The predicted molar refractivity (Wildman–Crippen MR) is 136 cm³/mol. The van der Waals surface area contributed by atoms with E-state index in [1.54, 1.807) is 18.2 Å². The van der Waals surface area contributed by atoms with Crippen LogP contribution in [-0.2, 0) is 9.53 Å². The SMILES string of the molecule is COC(=O)COc1c(Cl)cc(C=Nn2c(C3CCCCC3)nc3ccc(Br)cc3c2=O)cc1Cl. The summed E-state index contributed by atoms with van der Waals surface area (Å²) in [7, 11) is 1.26. The van der Waals surface area contributed by atoms with Gasteiger partial charge in [-0.05, 0) is 48.7 Å². The summed E-state index contributed by atoms with van der Waals surface area (Å²) in [5.74, 6) is 0.435. The molecule has 0 N–H and O–H groups in total. The van der Waals surface area contributed by atoms with Gasteiger partial charge in [0.15, 0.2) is 12.4 Å². The van der Waals surface area contributed by atoms with E-state index in [0.29, 0.717) is 22.3 Å². The van der Waals surface area contributed by atoms with E-state index in [2.05, 4.69) is 25.8 Å². The zero-order chi connectivity index (χ0) is 24.2. The van der Waals surface area contributed by atoms with Crippen LogP contribution < -0.4 is 10.3 Å². The molecule has 1 heterocycles. The minimum Gasteiger partial charge on any atom is -0.479 e. The Morgan fingerprint density at radius 2 is 1.91 bits per heavy atom. The van der Waals surface area contributed by atoms with Gasteiger partial charge in [-0.1, -0.05) is 58.4 Å². The molecule has 0 aliphatic heterocycles. The number of hydrogen-bond donors (Lipinski definition) is 0. The van der Waals surface area contributed by atoms with Crippen molar-refractivity contribution in [2.45, 2.75) is 38.0 Å². The molecule has 0 saturated heterocycles. The van der Waals surface area contributed by atoms with Gasteiger partial charge >= 0.3 is 5.97 Å². The molecule has 0 radical (unpaired) electrons. The van der Waals surface area contributed by atoms with Crippen LogP contribution in [0.1, 0.15) is 49.4 Å². The fraction of sp³-hybridized carbons (Fsp3) is 0.333. The monoisotopic (exact) mass is 565 g/mol. The number of carbonyl (C=O) groups is 1. The molecule has 0 unspecified atom stereocenters. The average molecular weight is 567 g/mol. The number of methoxy groups -OCH3 is 1. The van der Waals surface area contributed by atoms with Crippen LogP contribution in [-0.4, -0.2) is 35.6 Å². The van der Waals surface area contributed by atoms with Crippen LogP contribution >= 0.6 is 39.1 Å². The topological polar surface area (TPSA) is 82.8 Å². The zero-order valence-corrected chi connectivity index (χ0v) is 21.5. The summed E-state index contributed by atoms with van der Waals surface area (Å²) in [5.41, 5.74) is 0.980. The van der Waals surface area contributed by atoms with Gasteiger partial charge in [0.25, 0.3) is 5.56 Å². The second-order valence-corrected chi connectivity index (χ2v) is 9.74. The van der Waals surface area contributed by atoms with Crippen LogP contribution in [0.15, 0.2) is 44.7 Å². The van der Waals surface area contributed by atoms with Gasteiger partial charge in [0.2, 0.25) is 0 Å². The third-order valence-corrected chi connectivity index (χ3v) is 6.76. The van der Waals surface area contributed by atoms with Crippen LogP contribution in [0.5, 0.6) is 5.75 Å². The lowest BCUT2D eigenvalue weighted by atomic mass is 9.88. The molecule has 0 bridgehead atoms. The number of hydrogen-bond acceptors (Lipinski definition) is 6. The van der Waals surface area contributed by atoms with E-state index in [1.165, 1.54) is 24.4 Å². The number of ether oxygens (including phenoxy) is 2. The minimum absolute atomic E-state index is 0.160. The van der Waals surface area contributed by atoms with Gasteiger partial charge in [-0.15, -0.1) is 0 Å². The smallest absolute Gasteiger partial charge is 0.343 e. The van der Waals surface area contributed by atoms with E-state index in [1.807, 2.05) is 12.1 Å². The molecular formula is C24H22BrCl2N3O4. The van der Waals surface area contributed by atoms with Crippen molar-refractivity contribution in [2.24, 2.45) is 5.10 Å². The molecule has 1 aliphatic rings. The largest absolute Gasteiger partial charge is 0.479 e. The number of benzene rings is 2. The standard InChI is InChI=1S/C24H22BrCl2N3O4/c1-33-21(31)13-34-22-18(26)9-14(10-19(22)27)12-28-30-23(15-5-3-2-4-6-15)29-20-8-7-16(25)11-17(20)24(30)32/h7-12,15H,2-6,13H2,1H3. The van der Waals surface area contributed by atoms with E-state index < -0.39 is 5.97 Å². The molecule has 1 saturated carbocycles. The Kier molecular flexibility index (Phi) is 7.91. The summed E-state index contributed by atoms with van der Waals surface area (Å²) in [6, 6.07) is 8.66. The number of aromatic nitrogens is 2. The van der Waals surface area contributed by atoms with Gasteiger partial charge in [-0.25, -0.2) is 9.78 Å². The Morgan fingerprint density at radius 1 is 1.21 bits per heavy atom. The fourth-order valence-corrected chi connectivity index (χ4v) is 4.98. The molecule has 0 spiro atoms. The highest BCUT2D eigenvalue weighted by molar-refractivity contribution is 9.10. The second kappa shape index (κ2) is 10.9. The highest BCUT2D eigenvalue weighted by atomic mass is 79.9. The van der Waals surface area contributed by atoms with E-state index in [0.717, 1.165) is 30.2 Å². The van der Waals surface area contributed by atoms with Gasteiger partial charge in [0.05, 0.1) is 34.3 Å². The number of halogens is 3. The first-order chi connectivity index (χ1) is 16.4. The predicted octanol–water partition coefficient (Wildman–Crippen LogP) is 5.95. The molecule has 1 fully saturated rings. The maximum Gasteiger partial charge on any atom is 0.343 e. The molecule has 0 amide bonds. The molecule has 0 atom stereocenters. The molecule has 34 heavy (non-hydrogen) atoms. The van der Waals surface area contributed by atoms with Crippen LogP contribution in [0.3, 0.4) is 0 Å². The zero-order valence-electron chi connectivity index (χ0n) is 18.4. The summed E-state index contributed by atoms with van der Waals surface area (Å²) in [5, 5.41) is 5.39. The Hall–Kier alpha value is -2.42. The van der Waals surface area contributed by atoms with E-state index >= 15 is 0 Å². The summed E-state index contributed by atoms with van der Waals surface area (Å²) < 4.78 is 12.1. The van der Waals surface area contributed by atoms with Crippen molar-refractivity contribution in [3.63, 3.8) is 0 Å². The number of nitrogens with zero attached hydrogens (tertiary/aromatic N) is 3. The Bertz CT molecular complexity index is 1300. The molecule has 3 aromatic rings. The normalized spacial score (nSPS) is 14.6. The Morgan fingerprint density at radius 3 is 2.59 bits per heavy atom. The average Bonchev–Trinajstić information content (AvgIpc) is 2.83. The van der Waals surface area contributed by atoms with Gasteiger partial charge in [0.1, 0.15) is 5.82 Å². The van der Waals surface area contributed by atoms with Gasteiger partial charge in [0, 0.05) is 10.4 Å². The van der Waals surface area contributed by atoms with E-state index in [-0.39, 0.29) is 33.9 Å². The molecule has 7 nitrogen and oxygen atoms in total. The summed E-state index contributed by atoms with van der Waals surface area (Å²) in [6.07, 6.45) is 6.83. The maximum absolute atomic E-state index is 13.4. The van der Waals surface area contributed by atoms with Crippen molar-refractivity contribution >= 4 is 62.2 Å². The fourth-order valence-electron chi connectivity index (χ4n) is 4.01. The lowest BCUT2D eigenvalue weighted by Gasteiger charge is -2.22. The molecule has 1 aliphatic carbocycles. The van der Waals surface area contributed by atoms with Gasteiger partial charge in [-0.2, -0.15) is 9.78 Å². The molecule has 178 valence electrons. The number of fused-ring (bicyclic) bond motifs is 1. The van der Waals surface area contributed by atoms with Gasteiger partial charge < -0.3 is 9.47 Å². The number of carbonyl (C=O) groups excluding carboxylic acids is 1. The molecule has 2 aromatic carbocycles. The number of rotatable bonds is 6. The third kappa shape index (κ3) is 5.45. The van der Waals surface area contributed by atoms with Crippen molar-refractivity contribution in [3.8, 4) is 5.75 Å². The van der Waals surface area contributed by atoms with Crippen molar-refractivity contribution < 1.29 is 14.3 Å². The lowest BCUT2D eigenvalue weighted by molar-refractivity contribution is -0.142. The Labute approximate surface area is 214 Å². The first-order valence-electron chi connectivity index (χ1n) is 10.8. The molecule has 4 rings (SSSR count). The van der Waals surface area contributed by atoms with Crippen molar-refractivity contribution in [3.05, 3.63) is 66.6 Å². The minimum atomic E-state index is -0.553. The van der Waals surface area contributed by atoms with Crippen molar-refractivity contribution in [1.29, 1.82) is 0 Å². The second-order valence-electron chi connectivity index (χ2n) is 8.01. The first kappa shape index (κ1) is 24.7. The molecule has 1 aromatic heterocycles. The lowest BCUT2D eigenvalue weighted by Crippen LogP contribution is -2.25. The van der Waals surface area contributed by atoms with Crippen LogP contribution in [0.4, 0.5) is 0 Å². The number of esters is 1. The van der Waals surface area contributed by atoms with Gasteiger partial charge in [-0.3, -0.25) is 4.79 Å². The molecular weight excluding hydrogens is 545 g/mol.